The fourth-order valence-electron chi connectivity index (χ4n) is 3.73. The van der Waals surface area contributed by atoms with Crippen molar-refractivity contribution in [2.24, 2.45) is 0 Å². The van der Waals surface area contributed by atoms with Crippen LogP contribution in [0.4, 0.5) is 4.79 Å². The van der Waals surface area contributed by atoms with E-state index in [2.05, 4.69) is 54.4 Å². The first-order valence-corrected chi connectivity index (χ1v) is 10.7. The number of halogens is 1. The summed E-state index contributed by atoms with van der Waals surface area (Å²) in [6, 6.07) is 16.4. The summed E-state index contributed by atoms with van der Waals surface area (Å²) in [5.74, 6) is 0. The summed E-state index contributed by atoms with van der Waals surface area (Å²) in [4.78, 5) is 16.8. The molecule has 0 saturated carbocycles. The highest BCUT2D eigenvalue weighted by Crippen LogP contribution is 2.25. The van der Waals surface area contributed by atoms with E-state index in [1.54, 1.807) is 0 Å². The predicted molar refractivity (Wildman–Crippen MR) is 121 cm³/mol. The molecule has 2 aromatic rings. The molecule has 4 nitrogen and oxygen atoms in total. The Hall–Kier alpha value is -2.30. The maximum absolute atomic E-state index is 12.6. The third-order valence-corrected chi connectivity index (χ3v) is 5.49. The van der Waals surface area contributed by atoms with Gasteiger partial charge in [0.2, 0.25) is 0 Å². The Morgan fingerprint density at radius 1 is 1.17 bits per heavy atom. The van der Waals surface area contributed by atoms with Crippen molar-refractivity contribution in [1.29, 1.82) is 0 Å². The molecule has 29 heavy (non-hydrogen) atoms. The Kier molecular flexibility index (Phi) is 7.73. The number of aryl methyl sites for hydroxylation is 1. The molecule has 0 aliphatic carbocycles. The number of hydrogen-bond donors (Lipinski definition) is 1. The van der Waals surface area contributed by atoms with Crippen molar-refractivity contribution in [3.05, 3.63) is 76.3 Å². The van der Waals surface area contributed by atoms with Gasteiger partial charge in [-0.3, -0.25) is 4.90 Å². The second-order valence-corrected chi connectivity index (χ2v) is 7.96. The van der Waals surface area contributed by atoms with Crippen molar-refractivity contribution in [1.82, 2.24) is 15.1 Å². The Bertz CT molecular complexity index is 850. The van der Waals surface area contributed by atoms with Gasteiger partial charge in [0.1, 0.15) is 0 Å². The van der Waals surface area contributed by atoms with E-state index in [0.717, 1.165) is 37.5 Å². The van der Waals surface area contributed by atoms with Crippen LogP contribution in [0.2, 0.25) is 5.02 Å². The molecule has 0 radical (unpaired) electrons. The van der Waals surface area contributed by atoms with Crippen LogP contribution in [0.5, 0.6) is 0 Å². The van der Waals surface area contributed by atoms with Gasteiger partial charge in [0.25, 0.3) is 0 Å². The van der Waals surface area contributed by atoms with E-state index < -0.39 is 0 Å². The topological polar surface area (TPSA) is 35.6 Å². The molecule has 0 unspecified atom stereocenters. The van der Waals surface area contributed by atoms with E-state index in [1.807, 2.05) is 29.2 Å². The van der Waals surface area contributed by atoms with Gasteiger partial charge < -0.3 is 10.2 Å². The van der Waals surface area contributed by atoms with Crippen molar-refractivity contribution in [3.8, 4) is 0 Å². The molecule has 1 fully saturated rings. The number of nitrogens with zero attached hydrogens (tertiary/aromatic N) is 2. The van der Waals surface area contributed by atoms with E-state index >= 15 is 0 Å². The first-order valence-electron chi connectivity index (χ1n) is 10.3. The lowest BCUT2D eigenvalue weighted by Crippen LogP contribution is -2.39. The van der Waals surface area contributed by atoms with E-state index in [1.165, 1.54) is 22.3 Å². The predicted octanol–water partition coefficient (Wildman–Crippen LogP) is 5.32. The third-order valence-electron chi connectivity index (χ3n) is 5.26. The zero-order valence-corrected chi connectivity index (χ0v) is 18.1. The lowest BCUT2D eigenvalue weighted by Gasteiger charge is -2.19. The molecule has 0 atom stereocenters. The first-order chi connectivity index (χ1) is 14.1. The van der Waals surface area contributed by atoms with Crippen LogP contribution in [0.15, 0.2) is 54.6 Å². The van der Waals surface area contributed by atoms with Crippen molar-refractivity contribution < 1.29 is 4.79 Å². The van der Waals surface area contributed by atoms with Gasteiger partial charge in [0, 0.05) is 31.2 Å². The van der Waals surface area contributed by atoms with E-state index in [-0.39, 0.29) is 6.03 Å². The maximum atomic E-state index is 12.6. The molecule has 1 aliphatic rings. The van der Waals surface area contributed by atoms with Gasteiger partial charge >= 0.3 is 6.03 Å². The van der Waals surface area contributed by atoms with Gasteiger partial charge in [-0.1, -0.05) is 61.0 Å². The first kappa shape index (κ1) is 21.4. The summed E-state index contributed by atoms with van der Waals surface area (Å²) in [5, 5.41) is 3.83. The number of rotatable bonds is 7. The molecule has 5 heteroatoms. The molecule has 1 saturated heterocycles. The lowest BCUT2D eigenvalue weighted by atomic mass is 9.97. The number of benzene rings is 2. The minimum Gasteiger partial charge on any atom is -0.338 e. The summed E-state index contributed by atoms with van der Waals surface area (Å²) in [6.07, 6.45) is 3.97. The lowest BCUT2D eigenvalue weighted by molar-refractivity contribution is 0.195. The third kappa shape index (κ3) is 6.09. The number of urea groups is 1. The normalized spacial score (nSPS) is 15.0. The standard InChI is InChI=1S/C24H30ClN3O/c1-3-7-21(23-16-22(25)11-10-19(23)2)12-13-26-24(29)28-15-14-27(18-28)17-20-8-5-4-6-9-20/h4-11,16H,3,12-15,17-18H2,1-2H3,(H,26,29). The quantitative estimate of drug-likeness (QED) is 0.669. The number of hydrogen-bond acceptors (Lipinski definition) is 2. The van der Waals surface area contributed by atoms with Gasteiger partial charge in [0.15, 0.2) is 0 Å². The van der Waals surface area contributed by atoms with Crippen molar-refractivity contribution >= 4 is 23.2 Å². The van der Waals surface area contributed by atoms with Crippen LogP contribution >= 0.6 is 11.6 Å². The van der Waals surface area contributed by atoms with Crippen LogP contribution in [0.1, 0.15) is 36.5 Å². The number of allylic oxidation sites excluding steroid dienone is 1. The minimum atomic E-state index is 0.0132. The van der Waals surface area contributed by atoms with Crippen LogP contribution < -0.4 is 5.32 Å². The zero-order chi connectivity index (χ0) is 20.6. The average molecular weight is 412 g/mol. The van der Waals surface area contributed by atoms with E-state index in [0.29, 0.717) is 13.2 Å². The maximum Gasteiger partial charge on any atom is 0.318 e. The monoisotopic (exact) mass is 411 g/mol. The molecule has 1 N–H and O–H groups in total. The summed E-state index contributed by atoms with van der Waals surface area (Å²) in [6.45, 7) is 8.07. The molecule has 2 amide bonds. The second-order valence-electron chi connectivity index (χ2n) is 7.52. The average Bonchev–Trinajstić information content (AvgIpc) is 3.18. The second kappa shape index (κ2) is 10.5. The molecule has 2 aromatic carbocycles. The number of carbonyl (C=O) groups excluding carboxylic acids is 1. The molecule has 0 spiro atoms. The number of carbonyl (C=O) groups is 1. The Morgan fingerprint density at radius 2 is 1.97 bits per heavy atom. The SMILES string of the molecule is CCC=C(CCNC(=O)N1CCN(Cc2ccccc2)C1)c1cc(Cl)ccc1C. The molecule has 154 valence electrons. The summed E-state index contributed by atoms with van der Waals surface area (Å²) in [5.41, 5.74) is 4.89. The van der Waals surface area contributed by atoms with Crippen LogP contribution in [-0.2, 0) is 6.54 Å². The van der Waals surface area contributed by atoms with Gasteiger partial charge in [-0.15, -0.1) is 0 Å². The fraction of sp³-hybridized carbons (Fsp3) is 0.375. The smallest absolute Gasteiger partial charge is 0.318 e. The molecular formula is C24H30ClN3O. The molecular weight excluding hydrogens is 382 g/mol. The summed E-state index contributed by atoms with van der Waals surface area (Å²) >= 11 is 6.20. The van der Waals surface area contributed by atoms with Crippen LogP contribution in [-0.4, -0.2) is 42.1 Å². The van der Waals surface area contributed by atoms with Gasteiger partial charge in [-0.25, -0.2) is 4.79 Å². The fourth-order valence-corrected chi connectivity index (χ4v) is 3.90. The van der Waals surface area contributed by atoms with E-state index in [9.17, 15) is 4.79 Å². The molecule has 1 aliphatic heterocycles. The van der Waals surface area contributed by atoms with Crippen molar-refractivity contribution in [2.45, 2.75) is 33.2 Å². The van der Waals surface area contributed by atoms with Crippen molar-refractivity contribution in [3.63, 3.8) is 0 Å². The van der Waals surface area contributed by atoms with Crippen LogP contribution in [0.25, 0.3) is 5.57 Å². The highest BCUT2D eigenvalue weighted by molar-refractivity contribution is 6.30. The zero-order valence-electron chi connectivity index (χ0n) is 17.3. The van der Waals surface area contributed by atoms with E-state index in [4.69, 9.17) is 11.6 Å². The molecule has 3 rings (SSSR count). The van der Waals surface area contributed by atoms with Crippen molar-refractivity contribution in [2.75, 3.05) is 26.3 Å². The summed E-state index contributed by atoms with van der Waals surface area (Å²) < 4.78 is 0. The highest BCUT2D eigenvalue weighted by atomic mass is 35.5. The number of nitrogens with one attached hydrogen (secondary N) is 1. The highest BCUT2D eigenvalue weighted by Gasteiger charge is 2.23. The Morgan fingerprint density at radius 3 is 2.72 bits per heavy atom. The van der Waals surface area contributed by atoms with Crippen LogP contribution in [0, 0.1) is 6.92 Å². The Balaban J connectivity index is 1.50. The molecule has 1 heterocycles. The molecule has 0 bridgehead atoms. The van der Waals surface area contributed by atoms with Gasteiger partial charge in [-0.05, 0) is 54.2 Å². The van der Waals surface area contributed by atoms with Gasteiger partial charge in [-0.2, -0.15) is 0 Å². The summed E-state index contributed by atoms with van der Waals surface area (Å²) in [7, 11) is 0. The van der Waals surface area contributed by atoms with Gasteiger partial charge in [0.05, 0.1) is 6.67 Å². The Labute approximate surface area is 179 Å². The van der Waals surface area contributed by atoms with Crippen LogP contribution in [0.3, 0.4) is 0 Å². The number of amides is 2. The molecule has 0 aromatic heterocycles. The largest absolute Gasteiger partial charge is 0.338 e. The minimum absolute atomic E-state index is 0.0132.